The van der Waals surface area contributed by atoms with Crippen molar-refractivity contribution in [2.24, 2.45) is 0 Å². The summed E-state index contributed by atoms with van der Waals surface area (Å²) in [6.07, 6.45) is 3.52. The SMILES string of the molecule is CCSC1CCCC1NC(=O)c1ccc(N)cc1C. The van der Waals surface area contributed by atoms with Crippen LogP contribution in [0.3, 0.4) is 0 Å². The lowest BCUT2D eigenvalue weighted by Crippen LogP contribution is -2.39. The molecule has 2 rings (SSSR count). The maximum absolute atomic E-state index is 12.3. The average molecular weight is 278 g/mol. The first kappa shape index (κ1) is 14.3. The number of nitrogen functional groups attached to an aromatic ring is 1. The molecule has 19 heavy (non-hydrogen) atoms. The van der Waals surface area contributed by atoms with Crippen molar-refractivity contribution in [1.29, 1.82) is 0 Å². The summed E-state index contributed by atoms with van der Waals surface area (Å²) in [6.45, 7) is 4.10. The summed E-state index contributed by atoms with van der Waals surface area (Å²) in [5.41, 5.74) is 8.10. The van der Waals surface area contributed by atoms with Gasteiger partial charge >= 0.3 is 0 Å². The predicted molar refractivity (Wildman–Crippen MR) is 82.6 cm³/mol. The van der Waals surface area contributed by atoms with Crippen molar-refractivity contribution in [3.05, 3.63) is 29.3 Å². The fraction of sp³-hybridized carbons (Fsp3) is 0.533. The third-order valence-electron chi connectivity index (χ3n) is 3.64. The van der Waals surface area contributed by atoms with Crippen molar-refractivity contribution in [2.75, 3.05) is 11.5 Å². The Morgan fingerprint density at radius 3 is 2.95 bits per heavy atom. The second-order valence-electron chi connectivity index (χ2n) is 5.08. The zero-order valence-corrected chi connectivity index (χ0v) is 12.4. The Hall–Kier alpha value is -1.16. The molecule has 0 spiro atoms. The Kier molecular flexibility index (Phi) is 4.75. The van der Waals surface area contributed by atoms with Crippen molar-refractivity contribution in [2.45, 2.75) is 44.4 Å². The van der Waals surface area contributed by atoms with Crippen molar-refractivity contribution >= 4 is 23.4 Å². The first-order valence-electron chi connectivity index (χ1n) is 6.90. The zero-order chi connectivity index (χ0) is 13.8. The molecule has 3 N–H and O–H groups in total. The van der Waals surface area contributed by atoms with Gasteiger partial charge in [0, 0.05) is 22.5 Å². The van der Waals surface area contributed by atoms with E-state index in [0.717, 1.165) is 23.3 Å². The molecule has 1 saturated carbocycles. The van der Waals surface area contributed by atoms with E-state index in [1.54, 1.807) is 6.07 Å². The van der Waals surface area contributed by atoms with Gasteiger partial charge in [0.1, 0.15) is 0 Å². The number of amides is 1. The van der Waals surface area contributed by atoms with Gasteiger partial charge in [0.2, 0.25) is 0 Å². The number of aryl methyl sites for hydroxylation is 1. The number of hydrogen-bond donors (Lipinski definition) is 2. The van der Waals surface area contributed by atoms with Crippen molar-refractivity contribution in [3.63, 3.8) is 0 Å². The van der Waals surface area contributed by atoms with Gasteiger partial charge in [-0.15, -0.1) is 0 Å². The molecule has 0 saturated heterocycles. The van der Waals surface area contributed by atoms with Gasteiger partial charge in [-0.2, -0.15) is 11.8 Å². The Bertz CT molecular complexity index is 461. The highest BCUT2D eigenvalue weighted by molar-refractivity contribution is 7.99. The Labute approximate surface area is 119 Å². The highest BCUT2D eigenvalue weighted by Crippen LogP contribution is 2.30. The van der Waals surface area contributed by atoms with Gasteiger partial charge in [-0.1, -0.05) is 13.3 Å². The minimum absolute atomic E-state index is 0.0334. The summed E-state index contributed by atoms with van der Waals surface area (Å²) in [4.78, 5) is 12.3. The molecule has 104 valence electrons. The zero-order valence-electron chi connectivity index (χ0n) is 11.6. The number of carbonyl (C=O) groups is 1. The lowest BCUT2D eigenvalue weighted by atomic mass is 10.1. The molecule has 1 aliphatic carbocycles. The number of thioether (sulfide) groups is 1. The topological polar surface area (TPSA) is 55.1 Å². The summed E-state index contributed by atoms with van der Waals surface area (Å²) in [7, 11) is 0. The van der Waals surface area contributed by atoms with Gasteiger partial charge < -0.3 is 11.1 Å². The van der Waals surface area contributed by atoms with Crippen LogP contribution in [-0.4, -0.2) is 23.0 Å². The second kappa shape index (κ2) is 6.33. The van der Waals surface area contributed by atoms with E-state index in [-0.39, 0.29) is 5.91 Å². The van der Waals surface area contributed by atoms with E-state index in [9.17, 15) is 4.79 Å². The van der Waals surface area contributed by atoms with Crippen LogP contribution in [0.15, 0.2) is 18.2 Å². The van der Waals surface area contributed by atoms with E-state index in [1.807, 2.05) is 30.8 Å². The van der Waals surface area contributed by atoms with Crippen molar-refractivity contribution in [3.8, 4) is 0 Å². The number of nitrogens with two attached hydrogens (primary N) is 1. The third kappa shape index (κ3) is 3.44. The summed E-state index contributed by atoms with van der Waals surface area (Å²) in [6, 6.07) is 5.77. The molecule has 2 atom stereocenters. The molecule has 3 nitrogen and oxygen atoms in total. The molecule has 0 radical (unpaired) electrons. The molecule has 2 unspecified atom stereocenters. The van der Waals surface area contributed by atoms with Crippen molar-refractivity contribution in [1.82, 2.24) is 5.32 Å². The normalized spacial score (nSPS) is 22.4. The van der Waals surface area contributed by atoms with Crippen LogP contribution in [0.2, 0.25) is 0 Å². The summed E-state index contributed by atoms with van der Waals surface area (Å²) >= 11 is 1.96. The van der Waals surface area contributed by atoms with Gasteiger partial charge in [-0.25, -0.2) is 0 Å². The summed E-state index contributed by atoms with van der Waals surface area (Å²) in [5, 5.41) is 3.76. The van der Waals surface area contributed by atoms with E-state index in [1.165, 1.54) is 12.8 Å². The standard InChI is InChI=1S/C15H22N2OS/c1-3-19-14-6-4-5-13(14)17-15(18)12-8-7-11(16)9-10(12)2/h7-9,13-14H,3-6,16H2,1-2H3,(H,17,18). The van der Waals surface area contributed by atoms with Crippen LogP contribution in [0.5, 0.6) is 0 Å². The predicted octanol–water partition coefficient (Wildman–Crippen LogP) is 2.98. The number of benzene rings is 1. The lowest BCUT2D eigenvalue weighted by Gasteiger charge is -2.20. The monoisotopic (exact) mass is 278 g/mol. The van der Waals surface area contributed by atoms with E-state index < -0.39 is 0 Å². The van der Waals surface area contributed by atoms with Crippen LogP contribution in [-0.2, 0) is 0 Å². The minimum Gasteiger partial charge on any atom is -0.399 e. The van der Waals surface area contributed by atoms with Crippen LogP contribution in [0.4, 0.5) is 5.69 Å². The second-order valence-corrected chi connectivity index (χ2v) is 6.60. The van der Waals surface area contributed by atoms with Crippen LogP contribution < -0.4 is 11.1 Å². The Morgan fingerprint density at radius 2 is 2.26 bits per heavy atom. The molecular formula is C15H22N2OS. The third-order valence-corrected chi connectivity index (χ3v) is 4.97. The number of carbonyl (C=O) groups excluding carboxylic acids is 1. The Balaban J connectivity index is 2.04. The molecule has 0 heterocycles. The minimum atomic E-state index is 0.0334. The van der Waals surface area contributed by atoms with Crippen LogP contribution in [0, 0.1) is 6.92 Å². The molecule has 4 heteroatoms. The molecular weight excluding hydrogens is 256 g/mol. The fourth-order valence-electron chi connectivity index (χ4n) is 2.69. The number of hydrogen-bond acceptors (Lipinski definition) is 3. The molecule has 1 aliphatic rings. The number of nitrogens with one attached hydrogen (secondary N) is 1. The van der Waals surface area contributed by atoms with E-state index in [2.05, 4.69) is 12.2 Å². The lowest BCUT2D eigenvalue weighted by molar-refractivity contribution is 0.0938. The number of anilines is 1. The van der Waals surface area contributed by atoms with Crippen LogP contribution >= 0.6 is 11.8 Å². The highest BCUT2D eigenvalue weighted by Gasteiger charge is 2.28. The van der Waals surface area contributed by atoms with Gasteiger partial charge in [0.25, 0.3) is 5.91 Å². The molecule has 1 aromatic carbocycles. The average Bonchev–Trinajstić information content (AvgIpc) is 2.77. The van der Waals surface area contributed by atoms with E-state index >= 15 is 0 Å². The molecule has 0 bridgehead atoms. The molecule has 0 aliphatic heterocycles. The molecule has 1 aromatic rings. The smallest absolute Gasteiger partial charge is 0.251 e. The highest BCUT2D eigenvalue weighted by atomic mass is 32.2. The number of rotatable bonds is 4. The van der Waals surface area contributed by atoms with Crippen molar-refractivity contribution < 1.29 is 4.79 Å². The van der Waals surface area contributed by atoms with Gasteiger partial charge in [-0.05, 0) is 49.3 Å². The van der Waals surface area contributed by atoms with E-state index in [0.29, 0.717) is 17.0 Å². The first-order valence-corrected chi connectivity index (χ1v) is 7.95. The van der Waals surface area contributed by atoms with Gasteiger partial charge in [0.15, 0.2) is 0 Å². The molecule has 1 fully saturated rings. The van der Waals surface area contributed by atoms with Gasteiger partial charge in [-0.3, -0.25) is 4.79 Å². The molecule has 1 amide bonds. The fourth-order valence-corrected chi connectivity index (χ4v) is 3.89. The largest absolute Gasteiger partial charge is 0.399 e. The molecule has 0 aromatic heterocycles. The quantitative estimate of drug-likeness (QED) is 0.833. The van der Waals surface area contributed by atoms with Crippen LogP contribution in [0.1, 0.15) is 42.1 Å². The van der Waals surface area contributed by atoms with Crippen LogP contribution in [0.25, 0.3) is 0 Å². The van der Waals surface area contributed by atoms with Gasteiger partial charge in [0.05, 0.1) is 0 Å². The maximum Gasteiger partial charge on any atom is 0.251 e. The Morgan fingerprint density at radius 1 is 1.47 bits per heavy atom. The summed E-state index contributed by atoms with van der Waals surface area (Å²) < 4.78 is 0. The summed E-state index contributed by atoms with van der Waals surface area (Å²) in [5.74, 6) is 1.14. The van der Waals surface area contributed by atoms with E-state index in [4.69, 9.17) is 5.73 Å². The first-order chi connectivity index (χ1) is 9.11. The maximum atomic E-state index is 12.3.